The van der Waals surface area contributed by atoms with Crippen molar-refractivity contribution in [3.8, 4) is 0 Å². The predicted octanol–water partition coefficient (Wildman–Crippen LogP) is 0.525. The summed E-state index contributed by atoms with van der Waals surface area (Å²) < 4.78 is 0. The second kappa shape index (κ2) is 6.01. The van der Waals surface area contributed by atoms with Gasteiger partial charge < -0.3 is 15.3 Å². The summed E-state index contributed by atoms with van der Waals surface area (Å²) in [6.45, 7) is 7.84. The Morgan fingerprint density at radius 3 is 3.00 bits per heavy atom. The van der Waals surface area contributed by atoms with Crippen LogP contribution in [-0.2, 0) is 4.79 Å². The highest BCUT2D eigenvalue weighted by molar-refractivity contribution is 5.78. The first-order valence-electron chi connectivity index (χ1n) is 5.87. The van der Waals surface area contributed by atoms with E-state index in [-0.39, 0.29) is 5.91 Å². The second-order valence-corrected chi connectivity index (χ2v) is 4.65. The maximum absolute atomic E-state index is 11.8. The van der Waals surface area contributed by atoms with Crippen molar-refractivity contribution in [2.75, 3.05) is 26.2 Å². The van der Waals surface area contributed by atoms with Crippen LogP contribution in [0.15, 0.2) is 12.7 Å². The van der Waals surface area contributed by atoms with Crippen LogP contribution in [0.4, 0.5) is 0 Å². The van der Waals surface area contributed by atoms with Gasteiger partial charge in [0.1, 0.15) is 0 Å². The summed E-state index contributed by atoms with van der Waals surface area (Å²) in [6.07, 6.45) is 4.05. The molecule has 0 bridgehead atoms. The predicted molar refractivity (Wildman–Crippen MR) is 64.1 cm³/mol. The Kier molecular flexibility index (Phi) is 4.96. The van der Waals surface area contributed by atoms with E-state index >= 15 is 0 Å². The van der Waals surface area contributed by atoms with Gasteiger partial charge in [0.05, 0.1) is 12.1 Å². The number of hydrogen-bond donors (Lipinski definition) is 2. The van der Waals surface area contributed by atoms with Crippen molar-refractivity contribution in [3.05, 3.63) is 12.7 Å². The first kappa shape index (κ1) is 13.2. The highest BCUT2D eigenvalue weighted by Crippen LogP contribution is 2.21. The molecule has 1 heterocycles. The van der Waals surface area contributed by atoms with E-state index in [4.69, 9.17) is 0 Å². The zero-order valence-corrected chi connectivity index (χ0v) is 10.0. The largest absolute Gasteiger partial charge is 0.390 e. The van der Waals surface area contributed by atoms with Crippen LogP contribution in [-0.4, -0.2) is 47.7 Å². The van der Waals surface area contributed by atoms with Gasteiger partial charge in [-0.25, -0.2) is 0 Å². The fraction of sp³-hybridized carbons (Fsp3) is 0.750. The molecule has 4 nitrogen and oxygen atoms in total. The van der Waals surface area contributed by atoms with Crippen molar-refractivity contribution in [1.29, 1.82) is 0 Å². The average molecular weight is 226 g/mol. The van der Waals surface area contributed by atoms with E-state index in [2.05, 4.69) is 11.9 Å². The van der Waals surface area contributed by atoms with Gasteiger partial charge in [-0.3, -0.25) is 4.79 Å². The molecule has 1 aliphatic rings. The molecule has 4 heteroatoms. The lowest BCUT2D eigenvalue weighted by molar-refractivity contribution is -0.130. The Balaban J connectivity index is 2.36. The third-order valence-corrected chi connectivity index (χ3v) is 2.98. The average Bonchev–Trinajstić information content (AvgIpc) is 2.39. The molecule has 0 aromatic carbocycles. The zero-order chi connectivity index (χ0) is 12.0. The second-order valence-electron chi connectivity index (χ2n) is 4.65. The number of amides is 1. The molecule has 0 saturated carbocycles. The number of rotatable bonds is 4. The first-order valence-corrected chi connectivity index (χ1v) is 5.87. The van der Waals surface area contributed by atoms with E-state index < -0.39 is 5.60 Å². The number of carbonyl (C=O) groups excluding carboxylic acids is 1. The zero-order valence-electron chi connectivity index (χ0n) is 10.0. The van der Waals surface area contributed by atoms with Gasteiger partial charge in [-0.1, -0.05) is 6.08 Å². The maximum atomic E-state index is 11.8. The van der Waals surface area contributed by atoms with Crippen LogP contribution in [0, 0.1) is 0 Å². The van der Waals surface area contributed by atoms with Crippen LogP contribution >= 0.6 is 0 Å². The van der Waals surface area contributed by atoms with Crippen LogP contribution in [0.2, 0.25) is 0 Å². The van der Waals surface area contributed by atoms with E-state index in [9.17, 15) is 9.90 Å². The summed E-state index contributed by atoms with van der Waals surface area (Å²) >= 11 is 0. The van der Waals surface area contributed by atoms with Gasteiger partial charge >= 0.3 is 0 Å². The molecule has 2 N–H and O–H groups in total. The Morgan fingerprint density at radius 2 is 2.31 bits per heavy atom. The van der Waals surface area contributed by atoms with Crippen molar-refractivity contribution in [3.63, 3.8) is 0 Å². The molecule has 0 aliphatic carbocycles. The summed E-state index contributed by atoms with van der Waals surface area (Å²) in [4.78, 5) is 13.6. The number of aliphatic hydroxyl groups is 1. The number of nitrogens with zero attached hydrogens (tertiary/aromatic N) is 1. The monoisotopic (exact) mass is 226 g/mol. The highest BCUT2D eigenvalue weighted by atomic mass is 16.3. The maximum Gasteiger partial charge on any atom is 0.236 e. The molecule has 0 aromatic heterocycles. The van der Waals surface area contributed by atoms with E-state index in [0.717, 1.165) is 19.4 Å². The van der Waals surface area contributed by atoms with Crippen molar-refractivity contribution in [1.82, 2.24) is 10.2 Å². The molecule has 1 rings (SSSR count). The summed E-state index contributed by atoms with van der Waals surface area (Å²) in [7, 11) is 0. The van der Waals surface area contributed by atoms with E-state index in [1.54, 1.807) is 6.08 Å². The van der Waals surface area contributed by atoms with Crippen LogP contribution in [0.1, 0.15) is 26.2 Å². The molecule has 1 unspecified atom stereocenters. The van der Waals surface area contributed by atoms with Gasteiger partial charge in [-0.2, -0.15) is 0 Å². The standard InChI is InChI=1S/C12H22N2O2/c1-3-7-13-10-11(15)14-8-4-5-12(2,16)6-9-14/h3,13,16H,1,4-10H2,2H3. The molecule has 0 aromatic rings. The van der Waals surface area contributed by atoms with Gasteiger partial charge in [-0.15, -0.1) is 6.58 Å². The summed E-state index contributed by atoms with van der Waals surface area (Å²) in [6, 6.07) is 0. The van der Waals surface area contributed by atoms with Crippen LogP contribution in [0.25, 0.3) is 0 Å². The molecule has 0 radical (unpaired) electrons. The third-order valence-electron chi connectivity index (χ3n) is 2.98. The molecule has 1 amide bonds. The molecule has 1 atom stereocenters. The molecular formula is C12H22N2O2. The van der Waals surface area contributed by atoms with Crippen molar-refractivity contribution in [2.24, 2.45) is 0 Å². The van der Waals surface area contributed by atoms with E-state index in [1.807, 2.05) is 11.8 Å². The first-order chi connectivity index (χ1) is 7.55. The van der Waals surface area contributed by atoms with Gasteiger partial charge in [0.25, 0.3) is 0 Å². The van der Waals surface area contributed by atoms with Crippen molar-refractivity contribution in [2.45, 2.75) is 31.8 Å². The smallest absolute Gasteiger partial charge is 0.236 e. The van der Waals surface area contributed by atoms with Gasteiger partial charge in [0, 0.05) is 19.6 Å². The minimum atomic E-state index is -0.608. The van der Waals surface area contributed by atoms with Gasteiger partial charge in [-0.05, 0) is 26.2 Å². The number of carbonyl (C=O) groups is 1. The SMILES string of the molecule is C=CCNCC(=O)N1CCCC(C)(O)CC1. The van der Waals surface area contributed by atoms with Crippen molar-refractivity contribution < 1.29 is 9.90 Å². The fourth-order valence-electron chi connectivity index (χ4n) is 1.91. The molecule has 1 fully saturated rings. The van der Waals surface area contributed by atoms with E-state index in [0.29, 0.717) is 26.1 Å². The lowest BCUT2D eigenvalue weighted by Gasteiger charge is -2.22. The minimum absolute atomic E-state index is 0.111. The normalized spacial score (nSPS) is 26.2. The molecule has 0 spiro atoms. The lowest BCUT2D eigenvalue weighted by atomic mass is 9.98. The Morgan fingerprint density at radius 1 is 1.56 bits per heavy atom. The summed E-state index contributed by atoms with van der Waals surface area (Å²) in [5.41, 5.74) is -0.608. The fourth-order valence-corrected chi connectivity index (χ4v) is 1.91. The third kappa shape index (κ3) is 4.33. The molecular weight excluding hydrogens is 204 g/mol. The molecule has 92 valence electrons. The minimum Gasteiger partial charge on any atom is -0.390 e. The van der Waals surface area contributed by atoms with Crippen LogP contribution in [0.5, 0.6) is 0 Å². The topological polar surface area (TPSA) is 52.6 Å². The Hall–Kier alpha value is -0.870. The van der Waals surface area contributed by atoms with Crippen molar-refractivity contribution >= 4 is 5.91 Å². The van der Waals surface area contributed by atoms with Crippen LogP contribution in [0.3, 0.4) is 0 Å². The number of likely N-dealkylation sites (tertiary alicyclic amines) is 1. The Bertz CT molecular complexity index is 251. The molecule has 1 aliphatic heterocycles. The summed E-state index contributed by atoms with van der Waals surface area (Å²) in [5.74, 6) is 0.111. The van der Waals surface area contributed by atoms with Gasteiger partial charge in [0.15, 0.2) is 0 Å². The Labute approximate surface area is 97.3 Å². The van der Waals surface area contributed by atoms with E-state index in [1.165, 1.54) is 0 Å². The molecule has 16 heavy (non-hydrogen) atoms. The molecule has 1 saturated heterocycles. The lowest BCUT2D eigenvalue weighted by Crippen LogP contribution is -2.39. The van der Waals surface area contributed by atoms with Gasteiger partial charge in [0.2, 0.25) is 5.91 Å². The number of nitrogens with one attached hydrogen (secondary N) is 1. The quantitative estimate of drug-likeness (QED) is 0.543. The number of hydrogen-bond acceptors (Lipinski definition) is 3. The summed E-state index contributed by atoms with van der Waals surface area (Å²) in [5, 5.41) is 12.9. The highest BCUT2D eigenvalue weighted by Gasteiger charge is 2.26. The van der Waals surface area contributed by atoms with Crippen LogP contribution < -0.4 is 5.32 Å².